The Morgan fingerprint density at radius 3 is 1.52 bits per heavy atom. The Kier molecular flexibility index (Phi) is 11.8. The van der Waals surface area contributed by atoms with Gasteiger partial charge in [-0.3, -0.25) is 4.79 Å². The quantitative estimate of drug-likeness (QED) is 0.288. The van der Waals surface area contributed by atoms with Gasteiger partial charge < -0.3 is 24.5 Å². The summed E-state index contributed by atoms with van der Waals surface area (Å²) >= 11 is 0. The maximum absolute atomic E-state index is 11.8. The Morgan fingerprint density at radius 1 is 0.806 bits per heavy atom. The van der Waals surface area contributed by atoms with Gasteiger partial charge in [-0.05, 0) is 12.8 Å². The second kappa shape index (κ2) is 13.5. The van der Waals surface area contributed by atoms with E-state index in [1.54, 1.807) is 0 Å². The SMILES string of the molecule is C=CC(=O)ON(CC(CC)(CCC(=O)O)N(OC(=O)C=C)OC(=O)C=C)OC(=O)C=C. The molecular weight excluding hydrogens is 416 g/mol. The van der Waals surface area contributed by atoms with E-state index in [0.29, 0.717) is 10.5 Å². The van der Waals surface area contributed by atoms with Crippen LogP contribution in [0.2, 0.25) is 0 Å². The van der Waals surface area contributed by atoms with Crippen molar-refractivity contribution in [3.05, 3.63) is 50.6 Å². The second-order valence-corrected chi connectivity index (χ2v) is 5.68. The van der Waals surface area contributed by atoms with Gasteiger partial charge in [0.2, 0.25) is 0 Å². The highest BCUT2D eigenvalue weighted by molar-refractivity contribution is 5.83. The van der Waals surface area contributed by atoms with Crippen molar-refractivity contribution < 1.29 is 48.4 Å². The normalized spacial score (nSPS) is 12.1. The van der Waals surface area contributed by atoms with Crippen molar-refractivity contribution in [2.75, 3.05) is 6.54 Å². The molecule has 0 bridgehead atoms. The summed E-state index contributed by atoms with van der Waals surface area (Å²) in [4.78, 5) is 77.7. The average molecular weight is 440 g/mol. The molecule has 0 fully saturated rings. The van der Waals surface area contributed by atoms with E-state index in [1.807, 2.05) is 0 Å². The summed E-state index contributed by atoms with van der Waals surface area (Å²) in [6.07, 6.45) is 2.20. The van der Waals surface area contributed by atoms with Gasteiger partial charge in [0.1, 0.15) is 5.54 Å². The van der Waals surface area contributed by atoms with Gasteiger partial charge in [-0.25, -0.2) is 19.2 Å². The molecule has 0 saturated heterocycles. The summed E-state index contributed by atoms with van der Waals surface area (Å²) in [5, 5.41) is 9.96. The first kappa shape index (κ1) is 27.2. The number of carboxylic acid groups (broad SMARTS) is 1. The molecule has 0 aromatic rings. The van der Waals surface area contributed by atoms with Crippen molar-refractivity contribution >= 4 is 29.8 Å². The molecule has 31 heavy (non-hydrogen) atoms. The zero-order valence-electron chi connectivity index (χ0n) is 17.0. The van der Waals surface area contributed by atoms with Gasteiger partial charge in [-0.1, -0.05) is 33.2 Å². The van der Waals surface area contributed by atoms with Crippen molar-refractivity contribution in [3.8, 4) is 0 Å². The van der Waals surface area contributed by atoms with E-state index in [0.717, 1.165) is 24.3 Å². The molecule has 0 spiro atoms. The molecule has 0 saturated carbocycles. The fourth-order valence-corrected chi connectivity index (χ4v) is 2.03. The predicted molar refractivity (Wildman–Crippen MR) is 104 cm³/mol. The van der Waals surface area contributed by atoms with Crippen LogP contribution in [-0.2, 0) is 43.3 Å². The topological polar surface area (TPSA) is 149 Å². The third-order valence-corrected chi connectivity index (χ3v) is 3.67. The summed E-state index contributed by atoms with van der Waals surface area (Å²) in [5.74, 6) is -5.40. The van der Waals surface area contributed by atoms with Crippen molar-refractivity contribution in [3.63, 3.8) is 0 Å². The molecule has 0 aromatic heterocycles. The third kappa shape index (κ3) is 9.51. The van der Waals surface area contributed by atoms with E-state index in [2.05, 4.69) is 26.3 Å². The fraction of sp³-hybridized carbons (Fsp3) is 0.316. The highest BCUT2D eigenvalue weighted by atomic mass is 17.0. The highest BCUT2D eigenvalue weighted by Crippen LogP contribution is 2.29. The molecule has 1 atom stereocenters. The van der Waals surface area contributed by atoms with Crippen LogP contribution in [-0.4, -0.2) is 57.5 Å². The lowest BCUT2D eigenvalue weighted by Gasteiger charge is -2.39. The van der Waals surface area contributed by atoms with Crippen LogP contribution < -0.4 is 0 Å². The number of nitrogens with zero attached hydrogens (tertiary/aromatic N) is 2. The Hall–Kier alpha value is -3.77. The lowest BCUT2D eigenvalue weighted by Crippen LogP contribution is -2.57. The number of rotatable bonds is 15. The predicted octanol–water partition coefficient (Wildman–Crippen LogP) is 1.18. The van der Waals surface area contributed by atoms with E-state index in [-0.39, 0.29) is 12.8 Å². The molecule has 0 heterocycles. The molecule has 0 aliphatic heterocycles. The van der Waals surface area contributed by atoms with Crippen molar-refractivity contribution in [2.24, 2.45) is 0 Å². The van der Waals surface area contributed by atoms with Gasteiger partial charge in [0.25, 0.3) is 0 Å². The molecule has 0 amide bonds. The summed E-state index contributed by atoms with van der Waals surface area (Å²) in [5.41, 5.74) is -1.68. The monoisotopic (exact) mass is 440 g/mol. The van der Waals surface area contributed by atoms with E-state index >= 15 is 0 Å². The molecule has 0 radical (unpaired) electrons. The minimum absolute atomic E-state index is 0.0527. The highest BCUT2D eigenvalue weighted by Gasteiger charge is 2.45. The third-order valence-electron chi connectivity index (χ3n) is 3.67. The van der Waals surface area contributed by atoms with Crippen LogP contribution in [0.1, 0.15) is 26.2 Å². The second-order valence-electron chi connectivity index (χ2n) is 5.68. The fourth-order valence-electron chi connectivity index (χ4n) is 2.03. The lowest BCUT2D eigenvalue weighted by atomic mass is 9.91. The summed E-state index contributed by atoms with van der Waals surface area (Å²) in [6.45, 7) is 13.8. The van der Waals surface area contributed by atoms with Crippen molar-refractivity contribution in [2.45, 2.75) is 31.7 Å². The largest absolute Gasteiger partial charge is 0.481 e. The number of carbonyl (C=O) groups is 5. The van der Waals surface area contributed by atoms with Crippen LogP contribution in [0.15, 0.2) is 50.6 Å². The number of carboxylic acids is 1. The number of hydroxylamine groups is 4. The Balaban J connectivity index is 6.30. The first-order valence-electron chi connectivity index (χ1n) is 8.74. The van der Waals surface area contributed by atoms with E-state index < -0.39 is 48.4 Å². The molecule has 12 heteroatoms. The Bertz CT molecular complexity index is 704. The molecule has 0 aliphatic carbocycles. The maximum Gasteiger partial charge on any atom is 0.352 e. The Morgan fingerprint density at radius 2 is 1.19 bits per heavy atom. The molecule has 0 aromatic carbocycles. The first-order chi connectivity index (χ1) is 14.6. The van der Waals surface area contributed by atoms with Crippen molar-refractivity contribution in [1.82, 2.24) is 10.5 Å². The van der Waals surface area contributed by atoms with Gasteiger partial charge in [0.15, 0.2) is 0 Å². The molecule has 1 unspecified atom stereocenters. The molecule has 170 valence electrons. The molecule has 1 N–H and O–H groups in total. The number of hydrogen-bond donors (Lipinski definition) is 1. The standard InChI is InChI=1S/C19H24N2O10/c1-6-15(24)28-20(29-16(25)7-2)13-19(10-5,12-11-14(22)23)21(30-17(26)8-3)31-18(27)9-4/h6-9H,1-4,10-13H2,5H3,(H,22,23). The zero-order chi connectivity index (χ0) is 24.0. The van der Waals surface area contributed by atoms with E-state index in [9.17, 15) is 24.0 Å². The van der Waals surface area contributed by atoms with Gasteiger partial charge in [-0.15, -0.1) is 0 Å². The molecule has 0 rings (SSSR count). The number of carbonyl (C=O) groups excluding carboxylic acids is 4. The minimum atomic E-state index is -1.68. The number of aliphatic carboxylic acids is 1. The summed E-state index contributed by atoms with van der Waals surface area (Å²) in [6, 6.07) is 0. The van der Waals surface area contributed by atoms with E-state index in [1.165, 1.54) is 6.92 Å². The van der Waals surface area contributed by atoms with Crippen LogP contribution >= 0.6 is 0 Å². The summed E-state index contributed by atoms with van der Waals surface area (Å²) < 4.78 is 0. The van der Waals surface area contributed by atoms with Crippen LogP contribution in [0.4, 0.5) is 0 Å². The minimum Gasteiger partial charge on any atom is -0.481 e. The van der Waals surface area contributed by atoms with E-state index in [4.69, 9.17) is 24.5 Å². The van der Waals surface area contributed by atoms with Crippen LogP contribution in [0.5, 0.6) is 0 Å². The van der Waals surface area contributed by atoms with Crippen LogP contribution in [0.3, 0.4) is 0 Å². The first-order valence-corrected chi connectivity index (χ1v) is 8.74. The molecule has 12 nitrogen and oxygen atoms in total. The Labute approximate surface area is 178 Å². The molecular formula is C19H24N2O10. The summed E-state index contributed by atoms with van der Waals surface area (Å²) in [7, 11) is 0. The van der Waals surface area contributed by atoms with Crippen LogP contribution in [0.25, 0.3) is 0 Å². The lowest BCUT2D eigenvalue weighted by molar-refractivity contribution is -0.395. The van der Waals surface area contributed by atoms with Crippen LogP contribution in [0, 0.1) is 0 Å². The van der Waals surface area contributed by atoms with Crippen molar-refractivity contribution in [1.29, 1.82) is 0 Å². The number of hydrogen-bond acceptors (Lipinski definition) is 11. The van der Waals surface area contributed by atoms with Gasteiger partial charge in [0, 0.05) is 41.2 Å². The van der Waals surface area contributed by atoms with Gasteiger partial charge in [0.05, 0.1) is 6.54 Å². The maximum atomic E-state index is 11.8. The average Bonchev–Trinajstić information content (AvgIpc) is 2.75. The molecule has 0 aliphatic rings. The zero-order valence-corrected chi connectivity index (χ0v) is 17.0. The van der Waals surface area contributed by atoms with Gasteiger partial charge in [-0.2, -0.15) is 0 Å². The van der Waals surface area contributed by atoms with Gasteiger partial charge >= 0.3 is 29.8 Å². The smallest absolute Gasteiger partial charge is 0.352 e.